The molecule has 0 aliphatic carbocycles. The van der Waals surface area contributed by atoms with Crippen molar-refractivity contribution in [2.75, 3.05) is 6.61 Å². The molecule has 0 aromatic carbocycles. The molecule has 0 aromatic rings. The minimum absolute atomic E-state index is 0.250. The standard InChI is InChI=1S/C4H5ClO.C2H6O/c1-3(2)4(5)6;1-2-3/h1H2,2H3;3H,2H2,1H3. The van der Waals surface area contributed by atoms with Crippen molar-refractivity contribution in [2.24, 2.45) is 0 Å². The Labute approximate surface area is 60.1 Å². The molecular formula is C6H11ClO2. The lowest BCUT2D eigenvalue weighted by Gasteiger charge is -1.77. The van der Waals surface area contributed by atoms with Crippen LogP contribution in [0.1, 0.15) is 13.8 Å². The Morgan fingerprint density at radius 3 is 1.89 bits per heavy atom. The van der Waals surface area contributed by atoms with Crippen molar-refractivity contribution in [1.82, 2.24) is 0 Å². The fourth-order valence-electron chi connectivity index (χ4n) is 0. The average molecular weight is 151 g/mol. The van der Waals surface area contributed by atoms with E-state index < -0.39 is 5.24 Å². The summed E-state index contributed by atoms with van der Waals surface area (Å²) in [6, 6.07) is 0. The molecule has 0 saturated heterocycles. The highest BCUT2D eigenvalue weighted by atomic mass is 35.5. The molecular weight excluding hydrogens is 140 g/mol. The van der Waals surface area contributed by atoms with Crippen molar-refractivity contribution in [3.05, 3.63) is 12.2 Å². The van der Waals surface area contributed by atoms with Crippen molar-refractivity contribution >= 4 is 16.8 Å². The number of allylic oxidation sites excluding steroid dienone is 1. The molecule has 0 fully saturated rings. The third-order valence-corrected chi connectivity index (χ3v) is 0.658. The van der Waals surface area contributed by atoms with Gasteiger partial charge in [-0.15, -0.1) is 0 Å². The van der Waals surface area contributed by atoms with Crippen LogP contribution < -0.4 is 0 Å². The molecule has 1 N–H and O–H groups in total. The Morgan fingerprint density at radius 2 is 1.89 bits per heavy atom. The van der Waals surface area contributed by atoms with Crippen molar-refractivity contribution in [2.45, 2.75) is 13.8 Å². The highest BCUT2D eigenvalue weighted by Crippen LogP contribution is 1.91. The average Bonchev–Trinajstić information content (AvgIpc) is 1.68. The third kappa shape index (κ3) is 18.3. The summed E-state index contributed by atoms with van der Waals surface area (Å²) in [6.07, 6.45) is 0. The van der Waals surface area contributed by atoms with Crippen molar-refractivity contribution in [3.63, 3.8) is 0 Å². The molecule has 0 amide bonds. The lowest BCUT2D eigenvalue weighted by atomic mass is 10.4. The summed E-state index contributed by atoms with van der Waals surface area (Å²) in [5.41, 5.74) is 0.386. The van der Waals surface area contributed by atoms with E-state index in [0.717, 1.165) is 0 Å². The Morgan fingerprint density at radius 1 is 1.78 bits per heavy atom. The summed E-state index contributed by atoms with van der Waals surface area (Å²) in [6.45, 7) is 6.77. The van der Waals surface area contributed by atoms with Crippen LogP contribution in [0, 0.1) is 0 Å². The molecule has 0 aliphatic rings. The van der Waals surface area contributed by atoms with Gasteiger partial charge in [-0.2, -0.15) is 0 Å². The van der Waals surface area contributed by atoms with Gasteiger partial charge in [0.15, 0.2) is 0 Å². The van der Waals surface area contributed by atoms with Crippen molar-refractivity contribution < 1.29 is 9.90 Å². The molecule has 0 spiro atoms. The smallest absolute Gasteiger partial charge is 0.247 e. The minimum atomic E-state index is -0.463. The summed E-state index contributed by atoms with van der Waals surface area (Å²) < 4.78 is 0. The molecule has 0 aromatic heterocycles. The van der Waals surface area contributed by atoms with Gasteiger partial charge >= 0.3 is 0 Å². The van der Waals surface area contributed by atoms with Crippen LogP contribution in [0.5, 0.6) is 0 Å². The van der Waals surface area contributed by atoms with Crippen LogP contribution in [0.2, 0.25) is 0 Å². The largest absolute Gasteiger partial charge is 0.397 e. The normalized spacial score (nSPS) is 7.11. The van der Waals surface area contributed by atoms with Crippen LogP contribution >= 0.6 is 11.6 Å². The van der Waals surface area contributed by atoms with E-state index in [9.17, 15) is 4.79 Å². The first kappa shape index (κ1) is 11.5. The van der Waals surface area contributed by atoms with E-state index in [-0.39, 0.29) is 6.61 Å². The van der Waals surface area contributed by atoms with Gasteiger partial charge in [-0.3, -0.25) is 4.79 Å². The number of carbonyl (C=O) groups excluding carboxylic acids is 1. The van der Waals surface area contributed by atoms with Crippen LogP contribution in [-0.4, -0.2) is 17.0 Å². The van der Waals surface area contributed by atoms with Crippen LogP contribution in [0.15, 0.2) is 12.2 Å². The fraction of sp³-hybridized carbons (Fsp3) is 0.500. The SMILES string of the molecule is C=C(C)C(=O)Cl.CCO. The molecule has 0 bridgehead atoms. The summed E-state index contributed by atoms with van der Waals surface area (Å²) >= 11 is 4.87. The molecule has 0 rings (SSSR count). The first-order valence-electron chi connectivity index (χ1n) is 2.52. The van der Waals surface area contributed by atoms with Crippen molar-refractivity contribution in [1.29, 1.82) is 0 Å². The van der Waals surface area contributed by atoms with Crippen LogP contribution in [0.25, 0.3) is 0 Å². The minimum Gasteiger partial charge on any atom is -0.397 e. The maximum absolute atomic E-state index is 9.81. The number of aliphatic hydroxyl groups excluding tert-OH is 1. The monoisotopic (exact) mass is 150 g/mol. The van der Waals surface area contributed by atoms with Gasteiger partial charge in [0, 0.05) is 12.2 Å². The Hall–Kier alpha value is -0.340. The lowest BCUT2D eigenvalue weighted by Crippen LogP contribution is -1.81. The summed E-state index contributed by atoms with van der Waals surface area (Å²) in [4.78, 5) is 9.81. The number of halogens is 1. The summed E-state index contributed by atoms with van der Waals surface area (Å²) in [5, 5.41) is 7.11. The second kappa shape index (κ2) is 7.66. The zero-order chi connectivity index (χ0) is 7.86. The second-order valence-electron chi connectivity index (χ2n) is 1.37. The van der Waals surface area contributed by atoms with Gasteiger partial charge in [0.25, 0.3) is 0 Å². The predicted molar refractivity (Wildman–Crippen MR) is 38.4 cm³/mol. The molecule has 0 aliphatic heterocycles. The highest BCUT2D eigenvalue weighted by molar-refractivity contribution is 6.67. The number of carbonyl (C=O) groups is 1. The molecule has 0 unspecified atom stereocenters. The molecule has 0 radical (unpaired) electrons. The maximum atomic E-state index is 9.81. The predicted octanol–water partition coefficient (Wildman–Crippen LogP) is 1.33. The van der Waals surface area contributed by atoms with Crippen LogP contribution in [0.3, 0.4) is 0 Å². The van der Waals surface area contributed by atoms with Gasteiger partial charge < -0.3 is 5.11 Å². The van der Waals surface area contributed by atoms with E-state index in [0.29, 0.717) is 5.57 Å². The zero-order valence-corrected chi connectivity index (χ0v) is 6.40. The van der Waals surface area contributed by atoms with E-state index >= 15 is 0 Å². The molecule has 9 heavy (non-hydrogen) atoms. The van der Waals surface area contributed by atoms with Gasteiger partial charge in [0.05, 0.1) is 0 Å². The quantitative estimate of drug-likeness (QED) is 0.452. The number of aliphatic hydroxyl groups is 1. The maximum Gasteiger partial charge on any atom is 0.247 e. The molecule has 54 valence electrons. The van der Waals surface area contributed by atoms with Crippen LogP contribution in [-0.2, 0) is 4.79 Å². The number of rotatable bonds is 1. The zero-order valence-electron chi connectivity index (χ0n) is 5.65. The van der Waals surface area contributed by atoms with Gasteiger partial charge in [-0.25, -0.2) is 0 Å². The van der Waals surface area contributed by atoms with Crippen molar-refractivity contribution in [3.8, 4) is 0 Å². The van der Waals surface area contributed by atoms with Gasteiger partial charge in [0.1, 0.15) is 0 Å². The second-order valence-corrected chi connectivity index (χ2v) is 1.71. The topological polar surface area (TPSA) is 37.3 Å². The van der Waals surface area contributed by atoms with Crippen LogP contribution in [0.4, 0.5) is 0 Å². The number of hydrogen-bond donors (Lipinski definition) is 1. The lowest BCUT2D eigenvalue weighted by molar-refractivity contribution is -0.108. The Balaban J connectivity index is 0. The molecule has 0 atom stereocenters. The van der Waals surface area contributed by atoms with E-state index in [1.54, 1.807) is 13.8 Å². The van der Waals surface area contributed by atoms with E-state index in [4.69, 9.17) is 16.7 Å². The highest BCUT2D eigenvalue weighted by Gasteiger charge is 1.89. The third-order valence-electron chi connectivity index (χ3n) is 0.336. The first-order valence-corrected chi connectivity index (χ1v) is 2.90. The number of hydrogen-bond acceptors (Lipinski definition) is 2. The first-order chi connectivity index (χ1) is 4.06. The fourth-order valence-corrected chi connectivity index (χ4v) is 0. The Kier molecular flexibility index (Phi) is 9.75. The molecule has 3 heteroatoms. The van der Waals surface area contributed by atoms with E-state index in [1.165, 1.54) is 0 Å². The summed E-state index contributed by atoms with van der Waals surface area (Å²) in [7, 11) is 0. The van der Waals surface area contributed by atoms with E-state index in [1.807, 2.05) is 0 Å². The molecule has 2 nitrogen and oxygen atoms in total. The Bertz CT molecular complexity index is 87.2. The van der Waals surface area contributed by atoms with Gasteiger partial charge in [-0.05, 0) is 25.4 Å². The molecule has 0 heterocycles. The van der Waals surface area contributed by atoms with Gasteiger partial charge in [-0.1, -0.05) is 6.58 Å². The van der Waals surface area contributed by atoms with Gasteiger partial charge in [0.2, 0.25) is 5.24 Å². The van der Waals surface area contributed by atoms with E-state index in [2.05, 4.69) is 6.58 Å². The summed E-state index contributed by atoms with van der Waals surface area (Å²) in [5.74, 6) is 0. The molecule has 0 saturated carbocycles.